The molecule has 3 N–H and O–H groups in total. The van der Waals surface area contributed by atoms with Crippen LogP contribution in [0.15, 0.2) is 42.5 Å². The van der Waals surface area contributed by atoms with Crippen LogP contribution in [0.25, 0.3) is 0 Å². The molecule has 0 spiro atoms. The molecule has 2 aromatic carbocycles. The summed E-state index contributed by atoms with van der Waals surface area (Å²) < 4.78 is 5.95. The number of nitrogens with one attached hydrogen (secondary N) is 2. The van der Waals surface area contributed by atoms with Crippen LogP contribution < -0.4 is 20.3 Å². The predicted molar refractivity (Wildman–Crippen MR) is 133 cm³/mol. The second kappa shape index (κ2) is 11.0. The number of likely N-dealkylation sites (N-methyl/N-ethyl adjacent to an activating group) is 1. The number of amides is 2. The van der Waals surface area contributed by atoms with Crippen molar-refractivity contribution in [2.45, 2.75) is 44.2 Å². The SMILES string of the molecule is CN1c2ccc(Cl)cc2CC1C(=O)NCCNC(=O)c1ccc(O[C@H]2CC[C@@H](C(=O)O)CC2)cc1. The molecule has 1 heterocycles. The van der Waals surface area contributed by atoms with Gasteiger partial charge in [0.15, 0.2) is 0 Å². The van der Waals surface area contributed by atoms with Crippen LogP contribution in [-0.4, -0.2) is 55.2 Å². The van der Waals surface area contributed by atoms with Crippen LogP contribution in [0.5, 0.6) is 5.75 Å². The molecular weight excluding hydrogens is 470 g/mol. The lowest BCUT2D eigenvalue weighted by atomic mass is 9.87. The number of hydrogen-bond donors (Lipinski definition) is 3. The minimum absolute atomic E-state index is 0.00224. The number of nitrogens with zero attached hydrogens (tertiary/aromatic N) is 1. The van der Waals surface area contributed by atoms with Crippen LogP contribution in [0.2, 0.25) is 5.02 Å². The van der Waals surface area contributed by atoms with E-state index in [1.807, 2.05) is 30.1 Å². The molecule has 1 saturated carbocycles. The topological polar surface area (TPSA) is 108 Å². The lowest BCUT2D eigenvalue weighted by Gasteiger charge is -2.26. The Morgan fingerprint density at radius 2 is 1.71 bits per heavy atom. The number of benzene rings is 2. The van der Waals surface area contributed by atoms with Gasteiger partial charge in [-0.25, -0.2) is 0 Å². The van der Waals surface area contributed by atoms with E-state index in [-0.39, 0.29) is 29.9 Å². The molecule has 0 bridgehead atoms. The largest absolute Gasteiger partial charge is 0.490 e. The lowest BCUT2D eigenvalue weighted by molar-refractivity contribution is -0.143. The minimum atomic E-state index is -0.736. The molecule has 8 nitrogen and oxygen atoms in total. The molecule has 0 radical (unpaired) electrons. The molecule has 1 unspecified atom stereocenters. The van der Waals surface area contributed by atoms with E-state index in [1.54, 1.807) is 24.3 Å². The van der Waals surface area contributed by atoms with Crippen molar-refractivity contribution in [1.29, 1.82) is 0 Å². The van der Waals surface area contributed by atoms with Crippen molar-refractivity contribution in [3.8, 4) is 5.75 Å². The predicted octanol–water partition coefficient (Wildman–Crippen LogP) is 3.27. The first kappa shape index (κ1) is 24.9. The summed E-state index contributed by atoms with van der Waals surface area (Å²) in [5, 5.41) is 15.5. The van der Waals surface area contributed by atoms with Gasteiger partial charge in [-0.2, -0.15) is 0 Å². The fourth-order valence-corrected chi connectivity index (χ4v) is 4.92. The van der Waals surface area contributed by atoms with E-state index < -0.39 is 5.97 Å². The van der Waals surface area contributed by atoms with Crippen molar-refractivity contribution in [3.05, 3.63) is 58.6 Å². The summed E-state index contributed by atoms with van der Waals surface area (Å²) in [6.07, 6.45) is 3.26. The van der Waals surface area contributed by atoms with Crippen molar-refractivity contribution in [1.82, 2.24) is 10.6 Å². The molecule has 1 aliphatic carbocycles. The van der Waals surface area contributed by atoms with Gasteiger partial charge < -0.3 is 25.4 Å². The maximum absolute atomic E-state index is 12.6. The zero-order valence-electron chi connectivity index (χ0n) is 19.6. The second-order valence-electron chi connectivity index (χ2n) is 9.10. The van der Waals surface area contributed by atoms with Crippen LogP contribution in [0.1, 0.15) is 41.6 Å². The number of hydrogen-bond acceptors (Lipinski definition) is 5. The normalized spacial score (nSPS) is 21.2. The summed E-state index contributed by atoms with van der Waals surface area (Å²) >= 11 is 6.06. The molecule has 1 atom stereocenters. The summed E-state index contributed by atoms with van der Waals surface area (Å²) in [6.45, 7) is 0.636. The molecule has 186 valence electrons. The Labute approximate surface area is 209 Å². The van der Waals surface area contributed by atoms with Crippen molar-refractivity contribution < 1.29 is 24.2 Å². The van der Waals surface area contributed by atoms with Gasteiger partial charge in [0, 0.05) is 42.8 Å². The summed E-state index contributed by atoms with van der Waals surface area (Å²) in [5.74, 6) is -0.670. The maximum Gasteiger partial charge on any atom is 0.306 e. The van der Waals surface area contributed by atoms with Gasteiger partial charge in [-0.15, -0.1) is 0 Å². The molecular formula is C26H30ClN3O5. The van der Waals surface area contributed by atoms with E-state index in [9.17, 15) is 14.4 Å². The molecule has 2 amide bonds. The van der Waals surface area contributed by atoms with Crippen LogP contribution in [0.3, 0.4) is 0 Å². The number of ether oxygens (including phenoxy) is 1. The van der Waals surface area contributed by atoms with Gasteiger partial charge in [0.1, 0.15) is 11.8 Å². The van der Waals surface area contributed by atoms with Gasteiger partial charge in [-0.05, 0) is 73.7 Å². The van der Waals surface area contributed by atoms with Gasteiger partial charge in [-0.3, -0.25) is 14.4 Å². The minimum Gasteiger partial charge on any atom is -0.490 e. The van der Waals surface area contributed by atoms with Crippen LogP contribution in [-0.2, 0) is 16.0 Å². The zero-order valence-corrected chi connectivity index (χ0v) is 20.4. The molecule has 1 fully saturated rings. The van der Waals surface area contributed by atoms with Crippen molar-refractivity contribution in [2.24, 2.45) is 5.92 Å². The Bertz CT molecular complexity index is 1080. The van der Waals surface area contributed by atoms with Crippen LogP contribution >= 0.6 is 11.6 Å². The van der Waals surface area contributed by atoms with E-state index in [0.29, 0.717) is 61.5 Å². The quantitative estimate of drug-likeness (QED) is 0.481. The van der Waals surface area contributed by atoms with E-state index in [4.69, 9.17) is 21.4 Å². The Kier molecular flexibility index (Phi) is 7.80. The number of carbonyl (C=O) groups excluding carboxylic acids is 2. The van der Waals surface area contributed by atoms with E-state index >= 15 is 0 Å². The Morgan fingerprint density at radius 3 is 2.40 bits per heavy atom. The number of rotatable bonds is 8. The summed E-state index contributed by atoms with van der Waals surface area (Å²) in [7, 11) is 1.89. The molecule has 4 rings (SSSR count). The Morgan fingerprint density at radius 1 is 1.03 bits per heavy atom. The summed E-state index contributed by atoms with van der Waals surface area (Å²) in [6, 6.07) is 12.2. The highest BCUT2D eigenvalue weighted by molar-refractivity contribution is 6.30. The Balaban J connectivity index is 1.17. The highest BCUT2D eigenvalue weighted by atomic mass is 35.5. The molecule has 1 aliphatic heterocycles. The number of fused-ring (bicyclic) bond motifs is 1. The summed E-state index contributed by atoms with van der Waals surface area (Å²) in [4.78, 5) is 38.1. The van der Waals surface area contributed by atoms with Crippen molar-refractivity contribution in [2.75, 3.05) is 25.0 Å². The smallest absolute Gasteiger partial charge is 0.306 e. The highest BCUT2D eigenvalue weighted by Crippen LogP contribution is 2.33. The monoisotopic (exact) mass is 499 g/mol. The van der Waals surface area contributed by atoms with E-state index in [2.05, 4.69) is 10.6 Å². The van der Waals surface area contributed by atoms with Gasteiger partial charge >= 0.3 is 5.97 Å². The molecule has 0 saturated heterocycles. The second-order valence-corrected chi connectivity index (χ2v) is 9.54. The van der Waals surface area contributed by atoms with Crippen molar-refractivity contribution in [3.63, 3.8) is 0 Å². The highest BCUT2D eigenvalue weighted by Gasteiger charge is 2.32. The number of aliphatic carboxylic acids is 1. The molecule has 2 aromatic rings. The van der Waals surface area contributed by atoms with Crippen LogP contribution in [0, 0.1) is 5.92 Å². The molecule has 35 heavy (non-hydrogen) atoms. The first-order chi connectivity index (χ1) is 16.8. The molecule has 9 heteroatoms. The third kappa shape index (κ3) is 6.06. The third-order valence-corrected chi connectivity index (χ3v) is 6.99. The fourth-order valence-electron chi connectivity index (χ4n) is 4.73. The molecule has 0 aromatic heterocycles. The number of carboxylic acid groups (broad SMARTS) is 1. The standard InChI is InChI=1S/C26H30ClN3O5/c1-30-22-11-6-19(27)14-18(22)15-23(30)25(32)29-13-12-28-24(31)16-2-7-20(8-3-16)35-21-9-4-17(5-10-21)26(33)34/h2-3,6-8,11,14,17,21,23H,4-5,9-10,12-13,15H2,1H3,(H,28,31)(H,29,32)(H,33,34)/t17-,21+,23?. The van der Waals surface area contributed by atoms with E-state index in [1.165, 1.54) is 0 Å². The van der Waals surface area contributed by atoms with Crippen LogP contribution in [0.4, 0.5) is 5.69 Å². The number of carboxylic acids is 1. The van der Waals surface area contributed by atoms with Crippen molar-refractivity contribution >= 4 is 35.1 Å². The molecule has 2 aliphatic rings. The average molecular weight is 500 g/mol. The first-order valence-electron chi connectivity index (χ1n) is 11.9. The lowest BCUT2D eigenvalue weighted by Crippen LogP contribution is -2.45. The van der Waals surface area contributed by atoms with Gasteiger partial charge in [0.25, 0.3) is 5.91 Å². The maximum atomic E-state index is 12.6. The van der Waals surface area contributed by atoms with Gasteiger partial charge in [0.2, 0.25) is 5.91 Å². The zero-order chi connectivity index (χ0) is 24.9. The third-order valence-electron chi connectivity index (χ3n) is 6.76. The number of anilines is 1. The Hall–Kier alpha value is -3.26. The van der Waals surface area contributed by atoms with E-state index in [0.717, 1.165) is 11.3 Å². The first-order valence-corrected chi connectivity index (χ1v) is 12.3. The average Bonchev–Trinajstić information content (AvgIpc) is 3.17. The fraction of sp³-hybridized carbons (Fsp3) is 0.423. The summed E-state index contributed by atoms with van der Waals surface area (Å²) in [5.41, 5.74) is 2.55. The van der Waals surface area contributed by atoms with Gasteiger partial charge in [0.05, 0.1) is 12.0 Å². The van der Waals surface area contributed by atoms with Gasteiger partial charge in [-0.1, -0.05) is 11.6 Å². The number of carbonyl (C=O) groups is 3. The number of halogens is 1.